The third-order valence-electron chi connectivity index (χ3n) is 3.66. The summed E-state index contributed by atoms with van der Waals surface area (Å²) in [7, 11) is 5.19. The van der Waals surface area contributed by atoms with E-state index < -0.39 is 0 Å². The number of ether oxygens (including phenoxy) is 3. The average molecular weight is 274 g/mol. The van der Waals surface area contributed by atoms with Gasteiger partial charge in [0.15, 0.2) is 11.5 Å². The SMILES string of the molecule is CNc1c2c(nc3cc(OC)c(OC)cc13)CCOC2. The molecule has 1 N–H and O–H groups in total. The molecule has 0 bridgehead atoms. The van der Waals surface area contributed by atoms with Crippen molar-refractivity contribution in [1.29, 1.82) is 0 Å². The van der Waals surface area contributed by atoms with Crippen LogP contribution in [0, 0.1) is 0 Å². The van der Waals surface area contributed by atoms with Crippen molar-refractivity contribution in [2.24, 2.45) is 0 Å². The first-order valence-corrected chi connectivity index (χ1v) is 6.61. The predicted octanol–water partition coefficient (Wildman–Crippen LogP) is 2.37. The summed E-state index contributed by atoms with van der Waals surface area (Å²) in [5.41, 5.74) is 4.21. The Morgan fingerprint density at radius 1 is 1.20 bits per heavy atom. The van der Waals surface area contributed by atoms with Gasteiger partial charge in [-0.2, -0.15) is 0 Å². The van der Waals surface area contributed by atoms with Crippen LogP contribution in [0.1, 0.15) is 11.3 Å². The predicted molar refractivity (Wildman–Crippen MR) is 77.8 cm³/mol. The third-order valence-corrected chi connectivity index (χ3v) is 3.66. The number of hydrogen-bond acceptors (Lipinski definition) is 5. The molecule has 2 heterocycles. The molecule has 0 fully saturated rings. The maximum atomic E-state index is 5.55. The molecule has 0 spiro atoms. The van der Waals surface area contributed by atoms with Crippen LogP contribution in [-0.2, 0) is 17.8 Å². The Kier molecular flexibility index (Phi) is 3.36. The Labute approximate surface area is 117 Å². The minimum Gasteiger partial charge on any atom is -0.493 e. The van der Waals surface area contributed by atoms with E-state index in [1.807, 2.05) is 19.2 Å². The van der Waals surface area contributed by atoms with Gasteiger partial charge in [-0.1, -0.05) is 0 Å². The molecule has 5 heteroatoms. The van der Waals surface area contributed by atoms with E-state index >= 15 is 0 Å². The molecule has 20 heavy (non-hydrogen) atoms. The lowest BCUT2D eigenvalue weighted by atomic mass is 10.0. The lowest BCUT2D eigenvalue weighted by Gasteiger charge is -2.21. The van der Waals surface area contributed by atoms with Crippen LogP contribution in [0.2, 0.25) is 0 Å². The first-order valence-electron chi connectivity index (χ1n) is 6.61. The number of benzene rings is 1. The highest BCUT2D eigenvalue weighted by Gasteiger charge is 2.19. The van der Waals surface area contributed by atoms with Gasteiger partial charge in [0.1, 0.15) is 0 Å². The fourth-order valence-electron chi connectivity index (χ4n) is 2.67. The number of hydrogen-bond donors (Lipinski definition) is 1. The molecule has 1 aliphatic rings. The van der Waals surface area contributed by atoms with Gasteiger partial charge in [0.05, 0.1) is 44.3 Å². The second-order valence-corrected chi connectivity index (χ2v) is 4.69. The summed E-state index contributed by atoms with van der Waals surface area (Å²) in [5.74, 6) is 1.40. The molecule has 0 saturated heterocycles. The highest BCUT2D eigenvalue weighted by atomic mass is 16.5. The van der Waals surface area contributed by atoms with Crippen molar-refractivity contribution >= 4 is 16.6 Å². The first kappa shape index (κ1) is 13.0. The summed E-state index contributed by atoms with van der Waals surface area (Å²) in [6.45, 7) is 1.32. The van der Waals surface area contributed by atoms with E-state index in [1.165, 1.54) is 0 Å². The third kappa shape index (κ3) is 1.94. The molecule has 1 aromatic heterocycles. The Morgan fingerprint density at radius 3 is 2.65 bits per heavy atom. The first-order chi connectivity index (χ1) is 9.78. The molecule has 106 valence electrons. The van der Waals surface area contributed by atoms with Crippen LogP contribution >= 0.6 is 0 Å². The van der Waals surface area contributed by atoms with Gasteiger partial charge >= 0.3 is 0 Å². The second-order valence-electron chi connectivity index (χ2n) is 4.69. The van der Waals surface area contributed by atoms with Crippen molar-refractivity contribution in [2.75, 3.05) is 33.2 Å². The molecule has 0 aliphatic carbocycles. The Morgan fingerprint density at radius 2 is 1.95 bits per heavy atom. The van der Waals surface area contributed by atoms with E-state index in [0.29, 0.717) is 18.1 Å². The van der Waals surface area contributed by atoms with Gasteiger partial charge in [-0.25, -0.2) is 0 Å². The van der Waals surface area contributed by atoms with E-state index in [-0.39, 0.29) is 0 Å². The topological polar surface area (TPSA) is 52.6 Å². The van der Waals surface area contributed by atoms with E-state index in [2.05, 4.69) is 5.32 Å². The maximum absolute atomic E-state index is 5.55. The van der Waals surface area contributed by atoms with Gasteiger partial charge < -0.3 is 19.5 Å². The van der Waals surface area contributed by atoms with Crippen LogP contribution in [0.4, 0.5) is 5.69 Å². The molecule has 1 aromatic carbocycles. The quantitative estimate of drug-likeness (QED) is 0.931. The zero-order valence-electron chi connectivity index (χ0n) is 11.9. The molecular formula is C15H18N2O3. The molecule has 0 saturated carbocycles. The minimum atomic E-state index is 0.600. The smallest absolute Gasteiger partial charge is 0.162 e. The van der Waals surface area contributed by atoms with Crippen molar-refractivity contribution in [3.63, 3.8) is 0 Å². The summed E-state index contributed by atoms with van der Waals surface area (Å²) >= 11 is 0. The monoisotopic (exact) mass is 274 g/mol. The minimum absolute atomic E-state index is 0.600. The molecule has 1 aliphatic heterocycles. The number of aromatic nitrogens is 1. The van der Waals surface area contributed by atoms with Crippen molar-refractivity contribution in [3.05, 3.63) is 23.4 Å². The Hall–Kier alpha value is -2.01. The van der Waals surface area contributed by atoms with E-state index in [9.17, 15) is 0 Å². The number of pyridine rings is 1. The van der Waals surface area contributed by atoms with Gasteiger partial charge in [0, 0.05) is 30.5 Å². The standard InChI is InChI=1S/C15H18N2O3/c1-16-15-9-6-13(18-2)14(19-3)7-12(9)17-11-4-5-20-8-10(11)15/h6-7H,4-5,8H2,1-3H3,(H,16,17). The average Bonchev–Trinajstić information content (AvgIpc) is 2.51. The van der Waals surface area contributed by atoms with Crippen LogP contribution in [0.15, 0.2) is 12.1 Å². The fourth-order valence-corrected chi connectivity index (χ4v) is 2.67. The lowest BCUT2D eigenvalue weighted by Crippen LogP contribution is -2.14. The van der Waals surface area contributed by atoms with Crippen LogP contribution < -0.4 is 14.8 Å². The molecule has 0 radical (unpaired) electrons. The number of methoxy groups -OCH3 is 2. The zero-order chi connectivity index (χ0) is 14.1. The Balaban J connectivity index is 2.31. The highest BCUT2D eigenvalue weighted by Crippen LogP contribution is 2.37. The van der Waals surface area contributed by atoms with Crippen molar-refractivity contribution in [3.8, 4) is 11.5 Å². The van der Waals surface area contributed by atoms with Crippen LogP contribution in [0.5, 0.6) is 11.5 Å². The number of rotatable bonds is 3. The summed E-state index contributed by atoms with van der Waals surface area (Å²) in [6.07, 6.45) is 0.842. The number of nitrogens with zero attached hydrogens (tertiary/aromatic N) is 1. The van der Waals surface area contributed by atoms with Gasteiger partial charge in [-0.15, -0.1) is 0 Å². The molecule has 5 nitrogen and oxygen atoms in total. The van der Waals surface area contributed by atoms with E-state index in [1.54, 1.807) is 14.2 Å². The van der Waals surface area contributed by atoms with Crippen LogP contribution in [-0.4, -0.2) is 32.9 Å². The molecule has 0 atom stereocenters. The van der Waals surface area contributed by atoms with Gasteiger partial charge in [-0.3, -0.25) is 4.98 Å². The summed E-state index contributed by atoms with van der Waals surface area (Å²) < 4.78 is 16.3. The Bertz CT molecular complexity index is 650. The summed E-state index contributed by atoms with van der Waals surface area (Å²) in [5, 5.41) is 4.29. The molecule has 3 rings (SSSR count). The number of anilines is 1. The van der Waals surface area contributed by atoms with Gasteiger partial charge in [0.2, 0.25) is 0 Å². The molecule has 0 amide bonds. The van der Waals surface area contributed by atoms with Crippen molar-refractivity contribution < 1.29 is 14.2 Å². The lowest BCUT2D eigenvalue weighted by molar-refractivity contribution is 0.110. The molecular weight excluding hydrogens is 256 g/mol. The van der Waals surface area contributed by atoms with Crippen molar-refractivity contribution in [1.82, 2.24) is 4.98 Å². The largest absolute Gasteiger partial charge is 0.493 e. The normalized spacial score (nSPS) is 13.9. The number of fused-ring (bicyclic) bond motifs is 2. The number of nitrogens with one attached hydrogen (secondary N) is 1. The summed E-state index contributed by atoms with van der Waals surface area (Å²) in [4.78, 5) is 4.75. The molecule has 0 unspecified atom stereocenters. The molecule has 2 aromatic rings. The fraction of sp³-hybridized carbons (Fsp3) is 0.400. The van der Waals surface area contributed by atoms with Crippen LogP contribution in [0.25, 0.3) is 10.9 Å². The van der Waals surface area contributed by atoms with Crippen molar-refractivity contribution in [2.45, 2.75) is 13.0 Å². The van der Waals surface area contributed by atoms with Gasteiger partial charge in [-0.05, 0) is 6.07 Å². The zero-order valence-corrected chi connectivity index (χ0v) is 11.9. The van der Waals surface area contributed by atoms with Crippen LogP contribution in [0.3, 0.4) is 0 Å². The van der Waals surface area contributed by atoms with Gasteiger partial charge in [0.25, 0.3) is 0 Å². The van der Waals surface area contributed by atoms with E-state index in [0.717, 1.165) is 40.9 Å². The second kappa shape index (κ2) is 5.17. The van der Waals surface area contributed by atoms with E-state index in [4.69, 9.17) is 19.2 Å². The maximum Gasteiger partial charge on any atom is 0.162 e. The highest BCUT2D eigenvalue weighted by molar-refractivity contribution is 5.95. The summed E-state index contributed by atoms with van der Waals surface area (Å²) in [6, 6.07) is 3.88.